The van der Waals surface area contributed by atoms with E-state index in [0.29, 0.717) is 6.54 Å². The molecule has 12 heavy (non-hydrogen) atoms. The van der Waals surface area contributed by atoms with Gasteiger partial charge in [-0.15, -0.1) is 0 Å². The lowest BCUT2D eigenvalue weighted by Gasteiger charge is -2.13. The molecule has 0 atom stereocenters. The van der Waals surface area contributed by atoms with Gasteiger partial charge in [0.1, 0.15) is 5.75 Å². The Morgan fingerprint density at radius 2 is 2.25 bits per heavy atom. The molecule has 0 saturated carbocycles. The third-order valence-corrected chi connectivity index (χ3v) is 1.70. The van der Waals surface area contributed by atoms with Crippen LogP contribution >= 0.6 is 0 Å². The maximum atomic E-state index is 9.14. The van der Waals surface area contributed by atoms with Crippen LogP contribution in [0.4, 0.5) is 0 Å². The van der Waals surface area contributed by atoms with Crippen LogP contribution in [0.25, 0.3) is 0 Å². The van der Waals surface area contributed by atoms with Crippen molar-refractivity contribution in [2.45, 2.75) is 13.5 Å². The number of phenols is 1. The molecule has 3 heteroatoms. The van der Waals surface area contributed by atoms with Crippen LogP contribution in [-0.4, -0.2) is 16.7 Å². The van der Waals surface area contributed by atoms with Crippen molar-refractivity contribution in [2.24, 2.45) is 5.84 Å². The smallest absolute Gasteiger partial charge is 0.115 e. The summed E-state index contributed by atoms with van der Waals surface area (Å²) >= 11 is 0. The number of benzene rings is 1. The third kappa shape index (κ3) is 2.53. The molecule has 66 valence electrons. The average molecular weight is 166 g/mol. The zero-order valence-electron chi connectivity index (χ0n) is 7.20. The number of hydrazine groups is 1. The van der Waals surface area contributed by atoms with Crippen molar-refractivity contribution in [3.63, 3.8) is 0 Å². The molecule has 0 saturated heterocycles. The molecule has 0 radical (unpaired) electrons. The van der Waals surface area contributed by atoms with Gasteiger partial charge in [0.05, 0.1) is 0 Å². The van der Waals surface area contributed by atoms with E-state index in [1.165, 1.54) is 0 Å². The van der Waals surface area contributed by atoms with Gasteiger partial charge < -0.3 is 5.11 Å². The molecule has 0 unspecified atom stereocenters. The Bertz CT molecular complexity index is 250. The first-order chi connectivity index (χ1) is 5.72. The highest BCUT2D eigenvalue weighted by Crippen LogP contribution is 2.11. The van der Waals surface area contributed by atoms with Gasteiger partial charge in [0, 0.05) is 13.1 Å². The molecular formula is C9H14N2O. The molecule has 0 aliphatic heterocycles. The van der Waals surface area contributed by atoms with Gasteiger partial charge in [-0.25, -0.2) is 5.01 Å². The van der Waals surface area contributed by atoms with E-state index in [4.69, 9.17) is 10.9 Å². The fourth-order valence-corrected chi connectivity index (χ4v) is 1.00. The summed E-state index contributed by atoms with van der Waals surface area (Å²) in [5.41, 5.74) is 1.03. The largest absolute Gasteiger partial charge is 0.508 e. The first kappa shape index (κ1) is 9.03. The maximum Gasteiger partial charge on any atom is 0.115 e. The van der Waals surface area contributed by atoms with Gasteiger partial charge in [-0.2, -0.15) is 0 Å². The molecule has 0 fully saturated rings. The Hall–Kier alpha value is -1.06. The van der Waals surface area contributed by atoms with Crippen molar-refractivity contribution in [3.8, 4) is 5.75 Å². The second-order valence-electron chi connectivity index (χ2n) is 2.73. The molecule has 0 aliphatic rings. The Morgan fingerprint density at radius 1 is 1.50 bits per heavy atom. The molecule has 0 bridgehead atoms. The van der Waals surface area contributed by atoms with Gasteiger partial charge in [-0.1, -0.05) is 19.1 Å². The molecule has 0 aliphatic carbocycles. The van der Waals surface area contributed by atoms with Gasteiger partial charge in [0.25, 0.3) is 0 Å². The van der Waals surface area contributed by atoms with Crippen LogP contribution in [0, 0.1) is 0 Å². The van der Waals surface area contributed by atoms with Gasteiger partial charge >= 0.3 is 0 Å². The highest BCUT2D eigenvalue weighted by Gasteiger charge is 1.97. The van der Waals surface area contributed by atoms with E-state index < -0.39 is 0 Å². The summed E-state index contributed by atoms with van der Waals surface area (Å²) in [5, 5.41) is 10.8. The Kier molecular flexibility index (Phi) is 3.08. The van der Waals surface area contributed by atoms with E-state index in [1.807, 2.05) is 19.1 Å². The molecule has 3 nitrogen and oxygen atoms in total. The first-order valence-corrected chi connectivity index (χ1v) is 4.00. The monoisotopic (exact) mass is 166 g/mol. The van der Waals surface area contributed by atoms with Crippen LogP contribution in [0.5, 0.6) is 5.75 Å². The third-order valence-electron chi connectivity index (χ3n) is 1.70. The van der Waals surface area contributed by atoms with Crippen LogP contribution in [0.1, 0.15) is 12.5 Å². The van der Waals surface area contributed by atoms with E-state index in [0.717, 1.165) is 12.1 Å². The zero-order chi connectivity index (χ0) is 8.97. The van der Waals surface area contributed by atoms with Crippen molar-refractivity contribution in [1.29, 1.82) is 0 Å². The molecular weight excluding hydrogens is 152 g/mol. The predicted octanol–water partition coefficient (Wildman–Crippen LogP) is 1.09. The summed E-state index contributed by atoms with van der Waals surface area (Å²) in [6.45, 7) is 3.46. The van der Waals surface area contributed by atoms with Crippen molar-refractivity contribution < 1.29 is 5.11 Å². The van der Waals surface area contributed by atoms with Crippen LogP contribution in [0.3, 0.4) is 0 Å². The van der Waals surface area contributed by atoms with Crippen molar-refractivity contribution in [3.05, 3.63) is 29.8 Å². The van der Waals surface area contributed by atoms with Gasteiger partial charge in [0.2, 0.25) is 0 Å². The van der Waals surface area contributed by atoms with Gasteiger partial charge in [0.15, 0.2) is 0 Å². The maximum absolute atomic E-state index is 9.14. The predicted molar refractivity (Wildman–Crippen MR) is 48.4 cm³/mol. The van der Waals surface area contributed by atoms with Crippen LogP contribution in [0.15, 0.2) is 24.3 Å². The number of nitrogens with two attached hydrogens (primary N) is 1. The molecule has 0 spiro atoms. The standard InChI is InChI=1S/C9H14N2O/c1-2-11(10)7-8-4-3-5-9(12)6-8/h3-6,12H,2,7,10H2,1H3. The summed E-state index contributed by atoms with van der Waals surface area (Å²) in [5.74, 6) is 5.90. The van der Waals surface area contributed by atoms with Crippen LogP contribution in [0.2, 0.25) is 0 Å². The summed E-state index contributed by atoms with van der Waals surface area (Å²) in [4.78, 5) is 0. The average Bonchev–Trinajstić information content (AvgIpc) is 2.04. The normalized spacial score (nSPS) is 10.6. The molecule has 0 heterocycles. The van der Waals surface area contributed by atoms with Gasteiger partial charge in [-0.05, 0) is 17.7 Å². The van der Waals surface area contributed by atoms with Crippen molar-refractivity contribution in [1.82, 2.24) is 5.01 Å². The SMILES string of the molecule is CCN(N)Cc1cccc(O)c1. The molecule has 1 aromatic rings. The number of hydrogen-bond donors (Lipinski definition) is 2. The lowest BCUT2D eigenvalue weighted by Crippen LogP contribution is -2.29. The molecule has 0 amide bonds. The zero-order valence-corrected chi connectivity index (χ0v) is 7.20. The highest BCUT2D eigenvalue weighted by atomic mass is 16.3. The number of aromatic hydroxyl groups is 1. The fraction of sp³-hybridized carbons (Fsp3) is 0.333. The molecule has 1 rings (SSSR count). The number of rotatable bonds is 3. The van der Waals surface area contributed by atoms with Crippen LogP contribution < -0.4 is 5.84 Å². The quantitative estimate of drug-likeness (QED) is 0.522. The minimum absolute atomic E-state index is 0.289. The van der Waals surface area contributed by atoms with E-state index in [-0.39, 0.29) is 5.75 Å². The minimum atomic E-state index is 0.289. The van der Waals surface area contributed by atoms with E-state index in [1.54, 1.807) is 17.1 Å². The summed E-state index contributed by atoms with van der Waals surface area (Å²) in [6, 6.07) is 7.12. The Balaban J connectivity index is 2.63. The molecule has 1 aromatic carbocycles. The lowest BCUT2D eigenvalue weighted by atomic mass is 10.2. The van der Waals surface area contributed by atoms with E-state index >= 15 is 0 Å². The second-order valence-corrected chi connectivity index (χ2v) is 2.73. The van der Waals surface area contributed by atoms with Gasteiger partial charge in [-0.3, -0.25) is 5.84 Å². The summed E-state index contributed by atoms with van der Waals surface area (Å²) < 4.78 is 0. The van der Waals surface area contributed by atoms with Crippen molar-refractivity contribution >= 4 is 0 Å². The lowest BCUT2D eigenvalue weighted by molar-refractivity contribution is 0.290. The van der Waals surface area contributed by atoms with Crippen molar-refractivity contribution in [2.75, 3.05) is 6.54 Å². The molecule has 0 aromatic heterocycles. The fourth-order valence-electron chi connectivity index (χ4n) is 1.00. The number of nitrogens with zero attached hydrogens (tertiary/aromatic N) is 1. The number of hydrogen-bond acceptors (Lipinski definition) is 3. The minimum Gasteiger partial charge on any atom is -0.508 e. The summed E-state index contributed by atoms with van der Waals surface area (Å²) in [6.07, 6.45) is 0. The van der Waals surface area contributed by atoms with Crippen LogP contribution in [-0.2, 0) is 6.54 Å². The van der Waals surface area contributed by atoms with E-state index in [9.17, 15) is 0 Å². The second kappa shape index (κ2) is 4.09. The summed E-state index contributed by atoms with van der Waals surface area (Å²) in [7, 11) is 0. The Labute approximate surface area is 72.4 Å². The first-order valence-electron chi connectivity index (χ1n) is 4.00. The highest BCUT2D eigenvalue weighted by molar-refractivity contribution is 5.26. The Morgan fingerprint density at radius 3 is 2.83 bits per heavy atom. The topological polar surface area (TPSA) is 49.5 Å². The molecule has 3 N–H and O–H groups in total. The van der Waals surface area contributed by atoms with E-state index in [2.05, 4.69) is 0 Å². The number of phenolic OH excluding ortho intramolecular Hbond substituents is 1.